The van der Waals surface area contributed by atoms with Crippen LogP contribution < -0.4 is 14.4 Å². The van der Waals surface area contributed by atoms with Crippen LogP contribution in [0, 0.1) is 5.82 Å². The summed E-state index contributed by atoms with van der Waals surface area (Å²) in [5, 5.41) is 0. The van der Waals surface area contributed by atoms with Gasteiger partial charge in [-0.15, -0.1) is 0 Å². The van der Waals surface area contributed by atoms with Gasteiger partial charge in [-0.1, -0.05) is 0 Å². The summed E-state index contributed by atoms with van der Waals surface area (Å²) in [6, 6.07) is 11.4. The SMILES string of the molecule is COc1ccc(N2C(=O)[C@@H](Oc3ccc(F)cc3)[C@H]2C(=O)N(C(C)C)C(C)C)cc1. The van der Waals surface area contributed by atoms with E-state index in [1.54, 1.807) is 36.3 Å². The molecule has 2 atom stereocenters. The van der Waals surface area contributed by atoms with Gasteiger partial charge in [0.1, 0.15) is 17.3 Å². The van der Waals surface area contributed by atoms with E-state index >= 15 is 0 Å². The molecule has 0 radical (unpaired) electrons. The summed E-state index contributed by atoms with van der Waals surface area (Å²) in [6.45, 7) is 7.75. The molecular weight excluding hydrogens is 387 g/mol. The number of carbonyl (C=O) groups is 2. The van der Waals surface area contributed by atoms with E-state index in [-0.39, 0.29) is 23.9 Å². The van der Waals surface area contributed by atoms with Crippen LogP contribution in [0.1, 0.15) is 27.7 Å². The summed E-state index contributed by atoms with van der Waals surface area (Å²) in [5.74, 6) is 0.0701. The highest BCUT2D eigenvalue weighted by atomic mass is 19.1. The number of nitrogens with zero attached hydrogens (tertiary/aromatic N) is 2. The first-order chi connectivity index (χ1) is 14.2. The van der Waals surface area contributed by atoms with Gasteiger partial charge < -0.3 is 14.4 Å². The van der Waals surface area contributed by atoms with E-state index in [4.69, 9.17) is 9.47 Å². The Kier molecular flexibility index (Phi) is 6.29. The lowest BCUT2D eigenvalue weighted by Gasteiger charge is -2.48. The third-order valence-corrected chi connectivity index (χ3v) is 5.09. The minimum Gasteiger partial charge on any atom is -0.497 e. The van der Waals surface area contributed by atoms with Gasteiger partial charge in [-0.25, -0.2) is 4.39 Å². The van der Waals surface area contributed by atoms with Gasteiger partial charge in [0.25, 0.3) is 11.8 Å². The minimum absolute atomic E-state index is 0.0441. The van der Waals surface area contributed by atoms with Crippen molar-refractivity contribution in [3.05, 3.63) is 54.3 Å². The van der Waals surface area contributed by atoms with Gasteiger partial charge in [0.2, 0.25) is 6.10 Å². The van der Waals surface area contributed by atoms with Gasteiger partial charge in [0.15, 0.2) is 6.04 Å². The van der Waals surface area contributed by atoms with Gasteiger partial charge in [0, 0.05) is 17.8 Å². The van der Waals surface area contributed by atoms with E-state index in [2.05, 4.69) is 0 Å². The molecule has 2 amide bonds. The van der Waals surface area contributed by atoms with E-state index in [0.717, 1.165) is 0 Å². The standard InChI is InChI=1S/C23H27FN2O4/c1-14(2)25(15(3)4)22(27)20-21(30-19-10-6-16(24)7-11-19)23(28)26(20)17-8-12-18(29-5)13-9-17/h6-15,20-21H,1-5H3/t20-,21-/m0/s1. The van der Waals surface area contributed by atoms with Gasteiger partial charge in [-0.05, 0) is 76.2 Å². The zero-order valence-corrected chi connectivity index (χ0v) is 17.8. The second-order valence-electron chi connectivity index (χ2n) is 7.78. The van der Waals surface area contributed by atoms with Gasteiger partial charge >= 0.3 is 0 Å². The molecule has 0 aliphatic carbocycles. The summed E-state index contributed by atoms with van der Waals surface area (Å²) in [4.78, 5) is 29.7. The molecule has 0 aromatic heterocycles. The summed E-state index contributed by atoms with van der Waals surface area (Å²) in [7, 11) is 1.56. The lowest BCUT2D eigenvalue weighted by Crippen LogP contribution is -2.73. The highest BCUT2D eigenvalue weighted by molar-refractivity contribution is 6.13. The topological polar surface area (TPSA) is 59.1 Å². The second kappa shape index (κ2) is 8.73. The average Bonchev–Trinajstić information content (AvgIpc) is 2.70. The van der Waals surface area contributed by atoms with Crippen LogP contribution in [-0.4, -0.2) is 48.1 Å². The molecule has 2 aromatic rings. The first-order valence-electron chi connectivity index (χ1n) is 9.96. The van der Waals surface area contributed by atoms with Crippen molar-refractivity contribution in [1.29, 1.82) is 0 Å². The molecule has 1 heterocycles. The molecule has 1 aliphatic rings. The van der Waals surface area contributed by atoms with Crippen molar-refractivity contribution in [2.75, 3.05) is 12.0 Å². The number of hydrogen-bond acceptors (Lipinski definition) is 4. The molecule has 3 rings (SSSR count). The van der Waals surface area contributed by atoms with Gasteiger partial charge in [-0.3, -0.25) is 14.5 Å². The number of carbonyl (C=O) groups excluding carboxylic acids is 2. The molecule has 6 nitrogen and oxygen atoms in total. The number of β-lactam (4-membered cyclic amide) rings is 1. The minimum atomic E-state index is -0.981. The maximum absolute atomic E-state index is 13.5. The van der Waals surface area contributed by atoms with Crippen molar-refractivity contribution in [3.8, 4) is 11.5 Å². The highest BCUT2D eigenvalue weighted by Crippen LogP contribution is 2.34. The molecule has 2 aromatic carbocycles. The van der Waals surface area contributed by atoms with Crippen LogP contribution in [0.5, 0.6) is 11.5 Å². The molecule has 7 heteroatoms. The normalized spacial score (nSPS) is 18.4. The quantitative estimate of drug-likeness (QED) is 0.649. The van der Waals surface area contributed by atoms with Crippen molar-refractivity contribution in [2.45, 2.75) is 51.9 Å². The van der Waals surface area contributed by atoms with Crippen LogP contribution in [0.4, 0.5) is 10.1 Å². The van der Waals surface area contributed by atoms with Crippen LogP contribution in [0.2, 0.25) is 0 Å². The molecule has 1 aliphatic heterocycles. The van der Waals surface area contributed by atoms with E-state index in [9.17, 15) is 14.0 Å². The Morgan fingerprint density at radius 3 is 2.00 bits per heavy atom. The molecule has 0 saturated carbocycles. The maximum Gasteiger partial charge on any atom is 0.271 e. The fourth-order valence-corrected chi connectivity index (χ4v) is 3.77. The van der Waals surface area contributed by atoms with E-state index in [1.165, 1.54) is 29.2 Å². The first-order valence-corrected chi connectivity index (χ1v) is 9.96. The number of rotatable bonds is 7. The number of methoxy groups -OCH3 is 1. The van der Waals surface area contributed by atoms with Crippen LogP contribution in [-0.2, 0) is 9.59 Å². The Bertz CT molecular complexity index is 888. The monoisotopic (exact) mass is 414 g/mol. The zero-order valence-electron chi connectivity index (χ0n) is 17.8. The molecule has 0 unspecified atom stereocenters. The summed E-state index contributed by atoms with van der Waals surface area (Å²) in [6.07, 6.45) is -0.981. The van der Waals surface area contributed by atoms with Gasteiger partial charge in [0.05, 0.1) is 7.11 Å². The van der Waals surface area contributed by atoms with Crippen LogP contribution >= 0.6 is 0 Å². The largest absolute Gasteiger partial charge is 0.497 e. The number of anilines is 1. The fraction of sp³-hybridized carbons (Fsp3) is 0.391. The molecular formula is C23H27FN2O4. The average molecular weight is 414 g/mol. The number of benzene rings is 2. The molecule has 0 bridgehead atoms. The van der Waals surface area contributed by atoms with Crippen molar-refractivity contribution in [2.24, 2.45) is 0 Å². The highest BCUT2D eigenvalue weighted by Gasteiger charge is 2.55. The van der Waals surface area contributed by atoms with Crippen molar-refractivity contribution < 1.29 is 23.5 Å². The lowest BCUT2D eigenvalue weighted by atomic mass is 9.93. The summed E-state index contributed by atoms with van der Waals surface area (Å²) in [5.41, 5.74) is 0.588. The van der Waals surface area contributed by atoms with E-state index in [0.29, 0.717) is 17.2 Å². The fourth-order valence-electron chi connectivity index (χ4n) is 3.77. The Hall–Kier alpha value is -3.09. The number of hydrogen-bond donors (Lipinski definition) is 0. The summed E-state index contributed by atoms with van der Waals surface area (Å²) < 4.78 is 24.2. The number of halogens is 1. The Balaban J connectivity index is 1.94. The lowest BCUT2D eigenvalue weighted by molar-refractivity contribution is -0.150. The third-order valence-electron chi connectivity index (χ3n) is 5.09. The third kappa shape index (κ3) is 4.10. The second-order valence-corrected chi connectivity index (χ2v) is 7.78. The Morgan fingerprint density at radius 1 is 0.967 bits per heavy atom. The predicted molar refractivity (Wildman–Crippen MR) is 112 cm³/mol. The van der Waals surface area contributed by atoms with Crippen molar-refractivity contribution >= 4 is 17.5 Å². The molecule has 1 saturated heterocycles. The molecule has 160 valence electrons. The molecule has 30 heavy (non-hydrogen) atoms. The smallest absolute Gasteiger partial charge is 0.271 e. The number of ether oxygens (including phenoxy) is 2. The van der Waals surface area contributed by atoms with Crippen LogP contribution in [0.15, 0.2) is 48.5 Å². The first kappa shape index (κ1) is 21.6. The maximum atomic E-state index is 13.5. The van der Waals surface area contributed by atoms with E-state index < -0.39 is 18.0 Å². The zero-order chi connectivity index (χ0) is 22.0. The van der Waals surface area contributed by atoms with Gasteiger partial charge in [-0.2, -0.15) is 0 Å². The summed E-state index contributed by atoms with van der Waals surface area (Å²) >= 11 is 0. The Morgan fingerprint density at radius 2 is 1.50 bits per heavy atom. The molecule has 0 N–H and O–H groups in total. The molecule has 0 spiro atoms. The van der Waals surface area contributed by atoms with E-state index in [1.807, 2.05) is 27.7 Å². The predicted octanol–water partition coefficient (Wildman–Crippen LogP) is 3.64. The Labute approximate surface area is 176 Å². The van der Waals surface area contributed by atoms with Crippen molar-refractivity contribution in [3.63, 3.8) is 0 Å². The van der Waals surface area contributed by atoms with Crippen LogP contribution in [0.25, 0.3) is 0 Å². The van der Waals surface area contributed by atoms with Crippen molar-refractivity contribution in [1.82, 2.24) is 4.90 Å². The van der Waals surface area contributed by atoms with Crippen LogP contribution in [0.3, 0.4) is 0 Å². The molecule has 1 fully saturated rings. The number of amides is 2.